The van der Waals surface area contributed by atoms with E-state index in [1.54, 1.807) is 21.0 Å². The van der Waals surface area contributed by atoms with Gasteiger partial charge in [-0.15, -0.1) is 0 Å². The Morgan fingerprint density at radius 3 is 1.39 bits per heavy atom. The SMILES string of the molecule is CC(C)C(O)CCC(C)(F)C(C)C.CC(C)CCC(O)CC(C)C.COC(CCC(C)C)C(C)(F)C(C)C. The number of alkyl halides is 2. The van der Waals surface area contributed by atoms with Crippen molar-refractivity contribution in [3.63, 3.8) is 0 Å². The van der Waals surface area contributed by atoms with E-state index in [2.05, 4.69) is 41.5 Å². The second kappa shape index (κ2) is 21.5. The normalized spacial score (nSPS) is 17.6. The van der Waals surface area contributed by atoms with E-state index in [1.165, 1.54) is 0 Å². The third-order valence-electron chi connectivity index (χ3n) is 7.77. The summed E-state index contributed by atoms with van der Waals surface area (Å²) in [6.07, 6.45) is 5.18. The molecule has 0 spiro atoms. The smallest absolute Gasteiger partial charge is 0.136 e. The molecule has 5 heteroatoms. The summed E-state index contributed by atoms with van der Waals surface area (Å²) in [5.74, 6) is 2.19. The summed E-state index contributed by atoms with van der Waals surface area (Å²) in [7, 11) is 1.60. The lowest BCUT2D eigenvalue weighted by Gasteiger charge is -2.33. The van der Waals surface area contributed by atoms with Crippen molar-refractivity contribution in [3.05, 3.63) is 0 Å². The maximum absolute atomic E-state index is 14.2. The minimum atomic E-state index is -1.22. The Morgan fingerprint density at radius 2 is 1.08 bits per heavy atom. The van der Waals surface area contributed by atoms with E-state index < -0.39 is 11.3 Å². The van der Waals surface area contributed by atoms with E-state index >= 15 is 0 Å². The number of hydrogen-bond donors (Lipinski definition) is 2. The van der Waals surface area contributed by atoms with Gasteiger partial charge in [-0.1, -0.05) is 83.1 Å². The molecule has 0 aromatic carbocycles. The third kappa shape index (κ3) is 22.5. The van der Waals surface area contributed by atoms with Crippen molar-refractivity contribution >= 4 is 0 Å². The van der Waals surface area contributed by atoms with Crippen molar-refractivity contribution in [1.29, 1.82) is 0 Å². The maximum Gasteiger partial charge on any atom is 0.136 e. The molecule has 3 nitrogen and oxygen atoms in total. The van der Waals surface area contributed by atoms with Crippen LogP contribution in [0.2, 0.25) is 0 Å². The fraction of sp³-hybridized carbons (Fsp3) is 1.00. The van der Waals surface area contributed by atoms with Crippen LogP contribution in [-0.2, 0) is 4.74 Å². The van der Waals surface area contributed by atoms with Crippen molar-refractivity contribution in [3.8, 4) is 0 Å². The molecule has 0 aromatic rings. The lowest BCUT2D eigenvalue weighted by atomic mass is 9.85. The molecule has 0 aromatic heterocycles. The summed E-state index contributed by atoms with van der Waals surface area (Å²) in [6.45, 7) is 27.7. The number of hydrogen-bond acceptors (Lipinski definition) is 3. The first-order chi connectivity index (χ1) is 17.1. The molecule has 0 rings (SSSR count). The van der Waals surface area contributed by atoms with Crippen LogP contribution in [0.3, 0.4) is 0 Å². The van der Waals surface area contributed by atoms with Crippen molar-refractivity contribution in [2.75, 3.05) is 7.11 Å². The molecule has 0 bridgehead atoms. The molecule has 0 fully saturated rings. The molecule has 5 atom stereocenters. The Labute approximate surface area is 237 Å². The van der Waals surface area contributed by atoms with E-state index in [0.29, 0.717) is 24.7 Å². The number of ether oxygens (including phenoxy) is 1. The van der Waals surface area contributed by atoms with Crippen LogP contribution in [0.25, 0.3) is 0 Å². The average Bonchev–Trinajstić information content (AvgIpc) is 2.76. The zero-order valence-electron chi connectivity index (χ0n) is 28.2. The van der Waals surface area contributed by atoms with Gasteiger partial charge in [-0.3, -0.25) is 0 Å². The molecule has 0 amide bonds. The van der Waals surface area contributed by atoms with Gasteiger partial charge in [0, 0.05) is 7.11 Å². The van der Waals surface area contributed by atoms with Crippen molar-refractivity contribution < 1.29 is 23.7 Å². The second-order valence-corrected chi connectivity index (χ2v) is 14.0. The van der Waals surface area contributed by atoms with Gasteiger partial charge in [0.05, 0.1) is 18.3 Å². The van der Waals surface area contributed by atoms with E-state index in [4.69, 9.17) is 4.74 Å². The van der Waals surface area contributed by atoms with Gasteiger partial charge in [0.15, 0.2) is 0 Å². The predicted octanol–water partition coefficient (Wildman–Crippen LogP) is 9.82. The quantitative estimate of drug-likeness (QED) is 0.200. The molecule has 2 N–H and O–H groups in total. The molecule has 0 aliphatic rings. The molecule has 0 heterocycles. The summed E-state index contributed by atoms with van der Waals surface area (Å²) in [4.78, 5) is 0. The van der Waals surface area contributed by atoms with Gasteiger partial charge in [0.1, 0.15) is 11.3 Å². The van der Waals surface area contributed by atoms with Gasteiger partial charge in [0.2, 0.25) is 0 Å². The molecule has 0 aliphatic heterocycles. The van der Waals surface area contributed by atoms with Crippen LogP contribution in [0.15, 0.2) is 0 Å². The summed E-state index contributed by atoms with van der Waals surface area (Å²) in [5.41, 5.74) is -2.36. The zero-order chi connectivity index (χ0) is 30.9. The van der Waals surface area contributed by atoms with Crippen LogP contribution >= 0.6 is 0 Å². The van der Waals surface area contributed by atoms with Crippen molar-refractivity contribution in [2.45, 2.75) is 172 Å². The molecule has 0 saturated carbocycles. The number of aliphatic hydroxyl groups excluding tert-OH is 2. The van der Waals surface area contributed by atoms with Gasteiger partial charge in [-0.2, -0.15) is 0 Å². The lowest BCUT2D eigenvalue weighted by Crippen LogP contribution is -2.41. The first-order valence-corrected chi connectivity index (χ1v) is 15.4. The minimum absolute atomic E-state index is 0.000359. The fourth-order valence-corrected chi connectivity index (χ4v) is 3.73. The summed E-state index contributed by atoms with van der Waals surface area (Å²) < 4.78 is 33.2. The molecule has 0 saturated heterocycles. The molecule has 234 valence electrons. The zero-order valence-corrected chi connectivity index (χ0v) is 28.2. The maximum atomic E-state index is 14.2. The topological polar surface area (TPSA) is 49.7 Å². The average molecular weight is 553 g/mol. The molecular formula is C33H70F2O3. The number of halogens is 2. The van der Waals surface area contributed by atoms with Crippen LogP contribution in [0, 0.1) is 35.5 Å². The van der Waals surface area contributed by atoms with Gasteiger partial charge in [-0.25, -0.2) is 8.78 Å². The summed E-state index contributed by atoms with van der Waals surface area (Å²) in [5, 5.41) is 19.0. The van der Waals surface area contributed by atoms with Crippen molar-refractivity contribution in [2.24, 2.45) is 35.5 Å². The van der Waals surface area contributed by atoms with Gasteiger partial charge in [0.25, 0.3) is 0 Å². The van der Waals surface area contributed by atoms with Crippen LogP contribution in [-0.4, -0.2) is 47.0 Å². The molecule has 0 radical (unpaired) electrons. The Kier molecular flexibility index (Phi) is 23.9. The third-order valence-corrected chi connectivity index (χ3v) is 7.77. The Morgan fingerprint density at radius 1 is 0.632 bits per heavy atom. The Balaban J connectivity index is -0.000000487. The first-order valence-electron chi connectivity index (χ1n) is 15.4. The molecular weight excluding hydrogens is 482 g/mol. The van der Waals surface area contributed by atoms with Gasteiger partial charge in [-0.05, 0) is 94.3 Å². The van der Waals surface area contributed by atoms with Crippen LogP contribution in [0.5, 0.6) is 0 Å². The fourth-order valence-electron chi connectivity index (χ4n) is 3.73. The summed E-state index contributed by atoms with van der Waals surface area (Å²) >= 11 is 0. The Bertz CT molecular complexity index is 528. The monoisotopic (exact) mass is 553 g/mol. The molecule has 38 heavy (non-hydrogen) atoms. The van der Waals surface area contributed by atoms with Crippen LogP contribution in [0.4, 0.5) is 8.78 Å². The standard InChI is InChI=1S/C12H25FO.C11H23FO.C10H22O/c1-9(2)7-8-11(14-6)12(5,13)10(3)4;1-8(2)10(13)6-7-11(5,12)9(3)4;1-8(2)5-6-10(11)7-9(3)4/h9-11H,7-8H2,1-6H3;8-10,13H,6-7H2,1-5H3;8-11H,5-7H2,1-4H3. The van der Waals surface area contributed by atoms with E-state index in [1.807, 2.05) is 41.5 Å². The Hall–Kier alpha value is -0.260. The number of methoxy groups -OCH3 is 1. The number of aliphatic hydroxyl groups is 2. The highest BCUT2D eigenvalue weighted by Gasteiger charge is 2.37. The number of rotatable bonds is 16. The summed E-state index contributed by atoms with van der Waals surface area (Å²) in [6, 6.07) is 0. The van der Waals surface area contributed by atoms with Crippen LogP contribution in [0.1, 0.15) is 142 Å². The highest BCUT2D eigenvalue weighted by atomic mass is 19.1. The van der Waals surface area contributed by atoms with Gasteiger partial charge >= 0.3 is 0 Å². The van der Waals surface area contributed by atoms with E-state index in [9.17, 15) is 19.0 Å². The predicted molar refractivity (Wildman–Crippen MR) is 163 cm³/mol. The van der Waals surface area contributed by atoms with Crippen molar-refractivity contribution in [1.82, 2.24) is 0 Å². The largest absolute Gasteiger partial charge is 0.393 e. The lowest BCUT2D eigenvalue weighted by molar-refractivity contribution is -0.0594. The molecule has 0 aliphatic carbocycles. The highest BCUT2D eigenvalue weighted by molar-refractivity contribution is 4.86. The first kappa shape index (κ1) is 42.2. The minimum Gasteiger partial charge on any atom is -0.393 e. The van der Waals surface area contributed by atoms with Gasteiger partial charge < -0.3 is 14.9 Å². The van der Waals surface area contributed by atoms with Crippen LogP contribution < -0.4 is 0 Å². The second-order valence-electron chi connectivity index (χ2n) is 14.0. The van der Waals surface area contributed by atoms with E-state index in [-0.39, 0.29) is 36.1 Å². The highest BCUT2D eigenvalue weighted by Crippen LogP contribution is 2.31. The van der Waals surface area contributed by atoms with E-state index in [0.717, 1.165) is 38.0 Å². The molecule has 5 unspecified atom stereocenters.